The number of nitrogens with one attached hydrogen (secondary N) is 2. The third kappa shape index (κ3) is 7.74. The summed E-state index contributed by atoms with van der Waals surface area (Å²) in [7, 11) is 5.95. The molecule has 1 aromatic heterocycles. The summed E-state index contributed by atoms with van der Waals surface area (Å²) < 4.78 is 5.27. The van der Waals surface area contributed by atoms with E-state index in [9.17, 15) is 0 Å². The van der Waals surface area contributed by atoms with Crippen LogP contribution < -0.4 is 10.6 Å². The molecule has 0 aliphatic carbocycles. The van der Waals surface area contributed by atoms with Gasteiger partial charge in [0, 0.05) is 20.1 Å². The first-order chi connectivity index (χ1) is 8.93. The standard InChI is InChI=1S/C14H26N4O.HI/c1-14(2,11-18(4)5)10-17-13(15-3)16-9-12-7-6-8-19-12;/h6-8H,9-11H2,1-5H3,(H2,15,16,17);1H. The monoisotopic (exact) mass is 394 g/mol. The number of aliphatic imine (C=N–C) groups is 1. The summed E-state index contributed by atoms with van der Waals surface area (Å²) in [5.74, 6) is 1.69. The summed E-state index contributed by atoms with van der Waals surface area (Å²) in [4.78, 5) is 6.40. The fourth-order valence-corrected chi connectivity index (χ4v) is 2.04. The molecule has 1 heterocycles. The third-order valence-electron chi connectivity index (χ3n) is 2.71. The summed E-state index contributed by atoms with van der Waals surface area (Å²) in [6.07, 6.45) is 1.67. The number of hydrogen-bond donors (Lipinski definition) is 2. The van der Waals surface area contributed by atoms with Gasteiger partial charge in [0.15, 0.2) is 5.96 Å². The quantitative estimate of drug-likeness (QED) is 0.441. The first-order valence-corrected chi connectivity index (χ1v) is 6.54. The minimum atomic E-state index is 0. The van der Waals surface area contributed by atoms with Crippen LogP contribution in [0.2, 0.25) is 0 Å². The molecule has 5 nitrogen and oxygen atoms in total. The van der Waals surface area contributed by atoms with E-state index in [2.05, 4.69) is 48.5 Å². The van der Waals surface area contributed by atoms with Crippen LogP contribution in [0.1, 0.15) is 19.6 Å². The Morgan fingerprint density at radius 1 is 1.35 bits per heavy atom. The first kappa shape index (κ1) is 19.2. The molecule has 0 aliphatic rings. The van der Waals surface area contributed by atoms with Crippen molar-refractivity contribution in [1.82, 2.24) is 15.5 Å². The summed E-state index contributed by atoms with van der Waals surface area (Å²) in [6.45, 7) is 7.00. The topological polar surface area (TPSA) is 52.8 Å². The smallest absolute Gasteiger partial charge is 0.191 e. The highest BCUT2D eigenvalue weighted by Crippen LogP contribution is 2.13. The van der Waals surface area contributed by atoms with E-state index in [0.717, 1.165) is 24.8 Å². The van der Waals surface area contributed by atoms with Gasteiger partial charge < -0.3 is 20.0 Å². The molecule has 0 saturated carbocycles. The van der Waals surface area contributed by atoms with Gasteiger partial charge in [-0.15, -0.1) is 24.0 Å². The van der Waals surface area contributed by atoms with Crippen molar-refractivity contribution >= 4 is 29.9 Å². The van der Waals surface area contributed by atoms with Gasteiger partial charge in [0.2, 0.25) is 0 Å². The lowest BCUT2D eigenvalue weighted by atomic mass is 9.93. The number of halogens is 1. The summed E-state index contributed by atoms with van der Waals surface area (Å²) in [5.41, 5.74) is 0.186. The molecule has 1 aromatic rings. The van der Waals surface area contributed by atoms with Crippen LogP contribution in [0.15, 0.2) is 27.8 Å². The molecule has 0 unspecified atom stereocenters. The summed E-state index contributed by atoms with van der Waals surface area (Å²) >= 11 is 0. The molecule has 0 spiro atoms. The fraction of sp³-hybridized carbons (Fsp3) is 0.643. The van der Waals surface area contributed by atoms with Crippen LogP contribution >= 0.6 is 24.0 Å². The Morgan fingerprint density at radius 3 is 2.55 bits per heavy atom. The largest absolute Gasteiger partial charge is 0.467 e. The van der Waals surface area contributed by atoms with Gasteiger partial charge in [-0.05, 0) is 31.6 Å². The van der Waals surface area contributed by atoms with Gasteiger partial charge in [0.25, 0.3) is 0 Å². The molecule has 0 aromatic carbocycles. The zero-order chi connectivity index (χ0) is 14.3. The Hall–Kier alpha value is -0.760. The molecule has 0 saturated heterocycles. The maximum Gasteiger partial charge on any atom is 0.191 e. The molecular formula is C14H27IN4O. The van der Waals surface area contributed by atoms with Crippen LogP contribution in [-0.2, 0) is 6.54 Å². The molecule has 20 heavy (non-hydrogen) atoms. The Labute approximate surface area is 139 Å². The second-order valence-corrected chi connectivity index (χ2v) is 5.76. The average Bonchev–Trinajstić information content (AvgIpc) is 2.80. The van der Waals surface area contributed by atoms with E-state index in [4.69, 9.17) is 4.42 Å². The summed E-state index contributed by atoms with van der Waals surface area (Å²) in [5, 5.41) is 6.58. The second-order valence-electron chi connectivity index (χ2n) is 5.76. The number of rotatable bonds is 6. The third-order valence-corrected chi connectivity index (χ3v) is 2.71. The molecule has 116 valence electrons. The van der Waals surface area contributed by atoms with E-state index in [1.54, 1.807) is 13.3 Å². The van der Waals surface area contributed by atoms with Gasteiger partial charge >= 0.3 is 0 Å². The normalized spacial score (nSPS) is 12.2. The highest BCUT2D eigenvalue weighted by Gasteiger charge is 2.19. The summed E-state index contributed by atoms with van der Waals surface area (Å²) in [6, 6.07) is 3.82. The van der Waals surface area contributed by atoms with Crippen molar-refractivity contribution in [3.63, 3.8) is 0 Å². The Morgan fingerprint density at radius 2 is 2.05 bits per heavy atom. The SMILES string of the molecule is CN=C(NCc1ccco1)NCC(C)(C)CN(C)C.I. The van der Waals surface area contributed by atoms with Crippen LogP contribution in [0.4, 0.5) is 0 Å². The van der Waals surface area contributed by atoms with E-state index in [1.807, 2.05) is 12.1 Å². The Bertz CT molecular complexity index is 388. The molecule has 0 bridgehead atoms. The minimum Gasteiger partial charge on any atom is -0.467 e. The molecule has 0 radical (unpaired) electrons. The van der Waals surface area contributed by atoms with Crippen LogP contribution in [0, 0.1) is 5.41 Å². The number of furan rings is 1. The van der Waals surface area contributed by atoms with E-state index >= 15 is 0 Å². The van der Waals surface area contributed by atoms with E-state index in [1.165, 1.54) is 0 Å². The second kappa shape index (κ2) is 9.23. The highest BCUT2D eigenvalue weighted by atomic mass is 127. The Balaban J connectivity index is 0.00000361. The molecule has 0 atom stereocenters. The first-order valence-electron chi connectivity index (χ1n) is 6.54. The van der Waals surface area contributed by atoms with Crippen LogP contribution in [0.5, 0.6) is 0 Å². The molecular weight excluding hydrogens is 367 g/mol. The van der Waals surface area contributed by atoms with Gasteiger partial charge in [-0.25, -0.2) is 0 Å². The Kier molecular flexibility index (Phi) is 8.88. The fourth-order valence-electron chi connectivity index (χ4n) is 2.04. The van der Waals surface area contributed by atoms with Crippen molar-refractivity contribution in [2.75, 3.05) is 34.2 Å². The average molecular weight is 394 g/mol. The van der Waals surface area contributed by atoms with Gasteiger partial charge in [-0.1, -0.05) is 13.8 Å². The molecule has 2 N–H and O–H groups in total. The highest BCUT2D eigenvalue weighted by molar-refractivity contribution is 14.0. The van der Waals surface area contributed by atoms with Crippen molar-refractivity contribution in [1.29, 1.82) is 0 Å². The van der Waals surface area contributed by atoms with Gasteiger partial charge in [-0.3, -0.25) is 4.99 Å². The van der Waals surface area contributed by atoms with Crippen LogP contribution in [0.3, 0.4) is 0 Å². The molecule has 1 rings (SSSR count). The maximum atomic E-state index is 5.27. The van der Waals surface area contributed by atoms with Gasteiger partial charge in [0.1, 0.15) is 5.76 Å². The predicted octanol–water partition coefficient (Wildman–Crippen LogP) is 2.15. The van der Waals surface area contributed by atoms with Crippen molar-refractivity contribution in [2.45, 2.75) is 20.4 Å². The van der Waals surface area contributed by atoms with Crippen molar-refractivity contribution in [2.24, 2.45) is 10.4 Å². The molecule has 0 fully saturated rings. The number of guanidine groups is 1. The van der Waals surface area contributed by atoms with E-state index in [0.29, 0.717) is 6.54 Å². The lowest BCUT2D eigenvalue weighted by Gasteiger charge is -2.29. The van der Waals surface area contributed by atoms with Crippen LogP contribution in [0.25, 0.3) is 0 Å². The lowest BCUT2D eigenvalue weighted by molar-refractivity contribution is 0.241. The maximum absolute atomic E-state index is 5.27. The molecule has 6 heteroatoms. The van der Waals surface area contributed by atoms with E-state index < -0.39 is 0 Å². The molecule has 0 aliphatic heterocycles. The van der Waals surface area contributed by atoms with Crippen LogP contribution in [-0.4, -0.2) is 45.1 Å². The van der Waals surface area contributed by atoms with Gasteiger partial charge in [-0.2, -0.15) is 0 Å². The number of hydrogen-bond acceptors (Lipinski definition) is 3. The van der Waals surface area contributed by atoms with Crippen molar-refractivity contribution in [3.8, 4) is 0 Å². The zero-order valence-corrected chi connectivity index (χ0v) is 15.4. The lowest BCUT2D eigenvalue weighted by Crippen LogP contribution is -2.44. The minimum absolute atomic E-state index is 0. The predicted molar refractivity (Wildman–Crippen MR) is 94.7 cm³/mol. The van der Waals surface area contributed by atoms with Gasteiger partial charge in [0.05, 0.1) is 12.8 Å². The molecule has 0 amide bonds. The van der Waals surface area contributed by atoms with Crippen molar-refractivity contribution < 1.29 is 4.42 Å². The van der Waals surface area contributed by atoms with E-state index in [-0.39, 0.29) is 29.4 Å². The zero-order valence-electron chi connectivity index (χ0n) is 13.1. The van der Waals surface area contributed by atoms with Crippen molar-refractivity contribution in [3.05, 3.63) is 24.2 Å². The number of nitrogens with zero attached hydrogens (tertiary/aromatic N) is 2.